The Bertz CT molecular complexity index is 1650. The predicted molar refractivity (Wildman–Crippen MR) is 138 cm³/mol. The van der Waals surface area contributed by atoms with E-state index in [0.717, 1.165) is 18.5 Å². The standard InChI is InChI=1S/C25H20ClN7O3S/c1-12-32-33-21(36-12)9-15-8-16(17-7-14(26)5-6-20(17)35-2)18(10-27-15)23(34)31-25-30-22-24(37-25)29-19(11-28-22)13-3-4-13/h5-8,10-11,13H,3-4,9H2,1-2H3,(H,28,30,31,34). The molecule has 0 aliphatic heterocycles. The Morgan fingerprint density at radius 2 is 2.03 bits per heavy atom. The van der Waals surface area contributed by atoms with E-state index >= 15 is 0 Å². The number of anilines is 1. The lowest BCUT2D eigenvalue weighted by atomic mass is 9.98. The third-order valence-electron chi connectivity index (χ3n) is 5.92. The molecular weight excluding hydrogens is 514 g/mol. The van der Waals surface area contributed by atoms with Crippen molar-refractivity contribution in [2.24, 2.45) is 0 Å². The van der Waals surface area contributed by atoms with Gasteiger partial charge in [0.15, 0.2) is 15.6 Å². The smallest absolute Gasteiger partial charge is 0.259 e. The number of fused-ring (bicyclic) bond motifs is 1. The quantitative estimate of drug-likeness (QED) is 0.299. The number of nitrogens with zero attached hydrogens (tertiary/aromatic N) is 6. The minimum absolute atomic E-state index is 0.303. The molecule has 1 fully saturated rings. The number of aryl methyl sites for hydroxylation is 1. The zero-order valence-corrected chi connectivity index (χ0v) is 21.4. The van der Waals surface area contributed by atoms with Gasteiger partial charge in [-0.2, -0.15) is 4.98 Å². The van der Waals surface area contributed by atoms with E-state index in [1.807, 2.05) is 0 Å². The van der Waals surface area contributed by atoms with Crippen LogP contribution in [-0.2, 0) is 6.42 Å². The van der Waals surface area contributed by atoms with Crippen LogP contribution in [0.15, 0.2) is 41.1 Å². The second kappa shape index (κ2) is 9.49. The fourth-order valence-electron chi connectivity index (χ4n) is 3.98. The van der Waals surface area contributed by atoms with Gasteiger partial charge in [-0.05, 0) is 37.1 Å². The number of halogens is 1. The van der Waals surface area contributed by atoms with Crippen molar-refractivity contribution in [2.45, 2.75) is 32.1 Å². The van der Waals surface area contributed by atoms with E-state index in [9.17, 15) is 4.79 Å². The number of rotatable bonds is 7. The van der Waals surface area contributed by atoms with E-state index in [2.05, 4.69) is 35.5 Å². The molecule has 1 saturated carbocycles. The first-order valence-corrected chi connectivity index (χ1v) is 12.7. The van der Waals surface area contributed by atoms with Crippen molar-refractivity contribution in [1.82, 2.24) is 30.1 Å². The molecule has 1 aliphatic carbocycles. The van der Waals surface area contributed by atoms with Crippen LogP contribution in [0.3, 0.4) is 0 Å². The van der Waals surface area contributed by atoms with Gasteiger partial charge in [0, 0.05) is 35.2 Å². The minimum atomic E-state index is -0.383. The lowest BCUT2D eigenvalue weighted by molar-refractivity contribution is 0.102. The molecule has 10 nitrogen and oxygen atoms in total. The molecule has 186 valence electrons. The van der Waals surface area contributed by atoms with Crippen molar-refractivity contribution in [1.29, 1.82) is 0 Å². The molecular formula is C25H20ClN7O3S. The molecule has 1 aliphatic rings. The Kier molecular flexibility index (Phi) is 6.01. The second-order valence-corrected chi connectivity index (χ2v) is 10.0. The van der Waals surface area contributed by atoms with Crippen molar-refractivity contribution in [3.63, 3.8) is 0 Å². The van der Waals surface area contributed by atoms with Crippen LogP contribution in [0.5, 0.6) is 5.75 Å². The summed E-state index contributed by atoms with van der Waals surface area (Å²) in [6.45, 7) is 1.72. The Balaban J connectivity index is 1.37. The molecule has 1 N–H and O–H groups in total. The molecule has 0 spiro atoms. The molecule has 4 heterocycles. The summed E-state index contributed by atoms with van der Waals surface area (Å²) in [5.74, 6) is 1.54. The third kappa shape index (κ3) is 4.87. The van der Waals surface area contributed by atoms with Gasteiger partial charge in [-0.25, -0.2) is 9.97 Å². The Labute approximate surface area is 220 Å². The molecule has 4 aromatic heterocycles. The van der Waals surface area contributed by atoms with Gasteiger partial charge in [0.1, 0.15) is 5.75 Å². The summed E-state index contributed by atoms with van der Waals surface area (Å²) in [7, 11) is 1.56. The maximum atomic E-state index is 13.5. The van der Waals surface area contributed by atoms with E-state index in [-0.39, 0.29) is 5.91 Å². The Morgan fingerprint density at radius 3 is 2.78 bits per heavy atom. The van der Waals surface area contributed by atoms with Crippen LogP contribution in [0.25, 0.3) is 21.6 Å². The SMILES string of the molecule is COc1ccc(Cl)cc1-c1cc(Cc2nnc(C)o2)ncc1C(=O)Nc1nc2ncc(C3CC3)nc2s1. The number of hydrogen-bond donors (Lipinski definition) is 1. The monoisotopic (exact) mass is 533 g/mol. The normalized spacial score (nSPS) is 13.2. The minimum Gasteiger partial charge on any atom is -0.496 e. The zero-order chi connectivity index (χ0) is 25.5. The van der Waals surface area contributed by atoms with Crippen LogP contribution in [0.2, 0.25) is 5.02 Å². The van der Waals surface area contributed by atoms with Gasteiger partial charge in [-0.1, -0.05) is 22.9 Å². The van der Waals surface area contributed by atoms with Crippen LogP contribution in [0.1, 0.15) is 52.3 Å². The number of methoxy groups -OCH3 is 1. The van der Waals surface area contributed by atoms with Crippen LogP contribution in [0, 0.1) is 6.92 Å². The third-order valence-corrected chi connectivity index (χ3v) is 7.00. The molecule has 0 unspecified atom stereocenters. The number of carbonyl (C=O) groups excluding carboxylic acids is 1. The molecule has 5 aromatic rings. The fourth-order valence-corrected chi connectivity index (χ4v) is 4.95. The van der Waals surface area contributed by atoms with Crippen molar-refractivity contribution < 1.29 is 13.9 Å². The van der Waals surface area contributed by atoms with E-state index in [1.54, 1.807) is 44.5 Å². The van der Waals surface area contributed by atoms with Crippen LogP contribution < -0.4 is 10.1 Å². The topological polar surface area (TPSA) is 129 Å². The molecule has 1 aromatic carbocycles. The van der Waals surface area contributed by atoms with E-state index in [0.29, 0.717) is 72.9 Å². The first kappa shape index (κ1) is 23.4. The molecule has 0 atom stereocenters. The fraction of sp³-hybridized carbons (Fsp3) is 0.240. The number of thiazole rings is 1. The van der Waals surface area contributed by atoms with Crippen molar-refractivity contribution in [3.8, 4) is 16.9 Å². The van der Waals surface area contributed by atoms with E-state index < -0.39 is 0 Å². The van der Waals surface area contributed by atoms with E-state index in [4.69, 9.17) is 20.8 Å². The number of hydrogen-bond acceptors (Lipinski definition) is 10. The molecule has 1 amide bonds. The zero-order valence-electron chi connectivity index (χ0n) is 19.9. The van der Waals surface area contributed by atoms with Gasteiger partial charge in [-0.3, -0.25) is 15.1 Å². The molecule has 0 radical (unpaired) electrons. The summed E-state index contributed by atoms with van der Waals surface area (Å²) in [5, 5.41) is 11.7. The molecule has 6 rings (SSSR count). The van der Waals surface area contributed by atoms with Crippen LogP contribution >= 0.6 is 22.9 Å². The number of ether oxygens (including phenoxy) is 1. The van der Waals surface area contributed by atoms with Crippen LogP contribution in [0.4, 0.5) is 5.13 Å². The predicted octanol–water partition coefficient (Wildman–Crippen LogP) is 5.22. The van der Waals surface area contributed by atoms with Gasteiger partial charge in [0.25, 0.3) is 5.91 Å². The van der Waals surface area contributed by atoms with Crippen molar-refractivity contribution in [3.05, 3.63) is 70.4 Å². The van der Waals surface area contributed by atoms with Gasteiger partial charge < -0.3 is 9.15 Å². The molecule has 0 bridgehead atoms. The number of amides is 1. The Morgan fingerprint density at radius 1 is 1.16 bits per heavy atom. The van der Waals surface area contributed by atoms with Gasteiger partial charge in [-0.15, -0.1) is 10.2 Å². The summed E-state index contributed by atoms with van der Waals surface area (Å²) in [6.07, 6.45) is 5.85. The highest BCUT2D eigenvalue weighted by Crippen LogP contribution is 2.40. The molecule has 0 saturated heterocycles. The lowest BCUT2D eigenvalue weighted by Gasteiger charge is -2.14. The number of benzene rings is 1. The molecule has 37 heavy (non-hydrogen) atoms. The highest BCUT2D eigenvalue weighted by atomic mass is 35.5. The van der Waals surface area contributed by atoms with Gasteiger partial charge >= 0.3 is 0 Å². The van der Waals surface area contributed by atoms with Crippen molar-refractivity contribution >= 4 is 44.5 Å². The first-order chi connectivity index (χ1) is 18.0. The summed E-state index contributed by atoms with van der Waals surface area (Å²) in [4.78, 5) is 32.2. The van der Waals surface area contributed by atoms with E-state index in [1.165, 1.54) is 17.5 Å². The highest BCUT2D eigenvalue weighted by Gasteiger charge is 2.26. The van der Waals surface area contributed by atoms with Gasteiger partial charge in [0.2, 0.25) is 11.8 Å². The van der Waals surface area contributed by atoms with Crippen LogP contribution in [-0.4, -0.2) is 43.2 Å². The second-order valence-electron chi connectivity index (χ2n) is 8.63. The number of nitrogens with one attached hydrogen (secondary N) is 1. The summed E-state index contributed by atoms with van der Waals surface area (Å²) >= 11 is 7.60. The summed E-state index contributed by atoms with van der Waals surface area (Å²) < 4.78 is 11.1. The largest absolute Gasteiger partial charge is 0.496 e. The number of aromatic nitrogens is 6. The molecule has 12 heteroatoms. The average molecular weight is 534 g/mol. The van der Waals surface area contributed by atoms with Gasteiger partial charge in [0.05, 0.1) is 36.7 Å². The number of pyridine rings is 1. The maximum Gasteiger partial charge on any atom is 0.259 e. The first-order valence-electron chi connectivity index (χ1n) is 11.5. The van der Waals surface area contributed by atoms with Crippen molar-refractivity contribution in [2.75, 3.05) is 12.4 Å². The summed E-state index contributed by atoms with van der Waals surface area (Å²) in [5.41, 5.74) is 3.67. The summed E-state index contributed by atoms with van der Waals surface area (Å²) in [6, 6.07) is 7.02. The number of carbonyl (C=O) groups is 1. The Hall–Kier alpha value is -3.96. The average Bonchev–Trinajstić information content (AvgIpc) is 3.55. The highest BCUT2D eigenvalue weighted by molar-refractivity contribution is 7.21. The maximum absolute atomic E-state index is 13.5. The lowest BCUT2D eigenvalue weighted by Crippen LogP contribution is -2.14.